The molecule has 2 nitrogen and oxygen atoms in total. The topological polar surface area (TPSA) is 26.3 Å². The molecule has 0 N–H and O–H groups in total. The second-order valence-corrected chi connectivity index (χ2v) is 4.13. The second-order valence-electron chi connectivity index (χ2n) is 3.10. The summed E-state index contributed by atoms with van der Waals surface area (Å²) in [7, 11) is 0. The van der Waals surface area contributed by atoms with Crippen molar-refractivity contribution in [3.8, 4) is 0 Å². The Balaban J connectivity index is 2.11. The number of ketones is 1. The van der Waals surface area contributed by atoms with Crippen LogP contribution in [0, 0.1) is 0 Å². The maximum atomic E-state index is 11.4. The fourth-order valence-electron chi connectivity index (χ4n) is 1.21. The van der Waals surface area contributed by atoms with Gasteiger partial charge in [-0.25, -0.2) is 0 Å². The molecule has 0 fully saturated rings. The Bertz CT molecular complexity index is 254. The number of Topliss-reactive ketones (excluding diaryl/α,β-unsaturated/α-hetero) is 1. The van der Waals surface area contributed by atoms with Crippen LogP contribution in [0.5, 0.6) is 0 Å². The molecule has 1 heterocycles. The molecule has 3 heteroatoms. The van der Waals surface area contributed by atoms with Gasteiger partial charge in [0, 0.05) is 30.9 Å². The van der Waals surface area contributed by atoms with Crippen LogP contribution in [0.1, 0.15) is 24.6 Å². The summed E-state index contributed by atoms with van der Waals surface area (Å²) in [5.74, 6) is 0.312. The first-order valence-electron chi connectivity index (χ1n) is 4.94. The maximum absolute atomic E-state index is 11.4. The summed E-state index contributed by atoms with van der Waals surface area (Å²) < 4.78 is 5.17. The molecular weight excluding hydrogens is 196 g/mol. The van der Waals surface area contributed by atoms with Crippen LogP contribution < -0.4 is 0 Å². The lowest BCUT2D eigenvalue weighted by Crippen LogP contribution is -2.03. The largest absolute Gasteiger partial charge is 0.382 e. The van der Waals surface area contributed by atoms with Crippen LogP contribution in [0.4, 0.5) is 0 Å². The highest BCUT2D eigenvalue weighted by atomic mass is 32.1. The molecule has 0 atom stereocenters. The Kier molecular flexibility index (Phi) is 5.49. The Morgan fingerprint density at radius 3 is 3.07 bits per heavy atom. The van der Waals surface area contributed by atoms with Gasteiger partial charge in [-0.15, -0.1) is 11.3 Å². The lowest BCUT2D eigenvalue weighted by molar-refractivity contribution is -0.118. The molecule has 0 saturated heterocycles. The van der Waals surface area contributed by atoms with Gasteiger partial charge in [-0.1, -0.05) is 6.07 Å². The zero-order chi connectivity index (χ0) is 10.2. The smallest absolute Gasteiger partial charge is 0.138 e. The molecule has 0 aliphatic rings. The van der Waals surface area contributed by atoms with Gasteiger partial charge in [0.1, 0.15) is 5.78 Å². The van der Waals surface area contributed by atoms with Crippen molar-refractivity contribution in [1.82, 2.24) is 0 Å². The minimum atomic E-state index is 0.312. The molecule has 1 aromatic rings. The van der Waals surface area contributed by atoms with E-state index in [0.717, 1.165) is 17.9 Å². The third-order valence-corrected chi connectivity index (χ3v) is 2.78. The molecule has 0 amide bonds. The summed E-state index contributed by atoms with van der Waals surface area (Å²) in [5.41, 5.74) is 0. The number of hydrogen-bond donors (Lipinski definition) is 0. The van der Waals surface area contributed by atoms with Crippen molar-refractivity contribution in [1.29, 1.82) is 0 Å². The summed E-state index contributed by atoms with van der Waals surface area (Å²) >= 11 is 1.64. The molecule has 0 radical (unpaired) electrons. The van der Waals surface area contributed by atoms with E-state index in [2.05, 4.69) is 0 Å². The van der Waals surface area contributed by atoms with Crippen molar-refractivity contribution < 1.29 is 9.53 Å². The summed E-state index contributed by atoms with van der Waals surface area (Å²) in [6.07, 6.45) is 2.07. The lowest BCUT2D eigenvalue weighted by atomic mass is 10.1. The van der Waals surface area contributed by atoms with Gasteiger partial charge >= 0.3 is 0 Å². The number of thiophene rings is 1. The van der Waals surface area contributed by atoms with E-state index in [0.29, 0.717) is 25.2 Å². The number of carbonyl (C=O) groups is 1. The average Bonchev–Trinajstić information content (AvgIpc) is 2.65. The van der Waals surface area contributed by atoms with Gasteiger partial charge in [0.15, 0.2) is 0 Å². The van der Waals surface area contributed by atoms with Gasteiger partial charge in [-0.2, -0.15) is 0 Å². The second kappa shape index (κ2) is 6.74. The summed E-state index contributed by atoms with van der Waals surface area (Å²) in [5, 5.41) is 2.00. The third kappa shape index (κ3) is 4.53. The normalized spacial score (nSPS) is 10.4. The fraction of sp³-hybridized carbons (Fsp3) is 0.545. The van der Waals surface area contributed by atoms with Gasteiger partial charge in [-0.05, 0) is 24.8 Å². The van der Waals surface area contributed by atoms with E-state index in [1.807, 2.05) is 24.4 Å². The number of carbonyl (C=O) groups excluding carboxylic acids is 1. The Labute approximate surface area is 88.9 Å². The molecule has 0 aliphatic carbocycles. The summed E-state index contributed by atoms with van der Waals surface area (Å²) in [4.78, 5) is 12.6. The van der Waals surface area contributed by atoms with Crippen LogP contribution in [-0.4, -0.2) is 19.0 Å². The van der Waals surface area contributed by atoms with Crippen molar-refractivity contribution in [2.24, 2.45) is 0 Å². The predicted octanol–water partition coefficient (Wildman–Crippen LogP) is 2.68. The highest BCUT2D eigenvalue weighted by Crippen LogP contribution is 2.10. The van der Waals surface area contributed by atoms with Gasteiger partial charge in [0.25, 0.3) is 0 Å². The van der Waals surface area contributed by atoms with E-state index < -0.39 is 0 Å². The Hall–Kier alpha value is -0.670. The molecule has 0 spiro atoms. The standard InChI is InChI=1S/C11H16O2S/c1-2-13-7-3-5-10(12)9-11-6-4-8-14-11/h4,6,8H,2-3,5,7,9H2,1H3. The van der Waals surface area contributed by atoms with Gasteiger partial charge in [-0.3, -0.25) is 4.79 Å². The van der Waals surface area contributed by atoms with Gasteiger partial charge in [0.05, 0.1) is 0 Å². The van der Waals surface area contributed by atoms with Crippen molar-refractivity contribution in [2.75, 3.05) is 13.2 Å². The number of ether oxygens (including phenoxy) is 1. The van der Waals surface area contributed by atoms with Crippen LogP contribution in [0.2, 0.25) is 0 Å². The van der Waals surface area contributed by atoms with Gasteiger partial charge < -0.3 is 4.74 Å². The van der Waals surface area contributed by atoms with E-state index in [9.17, 15) is 4.79 Å². The van der Waals surface area contributed by atoms with Crippen LogP contribution in [0.25, 0.3) is 0 Å². The van der Waals surface area contributed by atoms with Crippen LogP contribution >= 0.6 is 11.3 Å². The Morgan fingerprint density at radius 1 is 1.57 bits per heavy atom. The molecule has 0 unspecified atom stereocenters. The van der Waals surface area contributed by atoms with E-state index >= 15 is 0 Å². The van der Waals surface area contributed by atoms with Crippen molar-refractivity contribution >= 4 is 17.1 Å². The Morgan fingerprint density at radius 2 is 2.43 bits per heavy atom. The van der Waals surface area contributed by atoms with Crippen molar-refractivity contribution in [3.63, 3.8) is 0 Å². The molecule has 14 heavy (non-hydrogen) atoms. The molecule has 0 saturated carbocycles. The maximum Gasteiger partial charge on any atom is 0.138 e. The minimum absolute atomic E-state index is 0.312. The van der Waals surface area contributed by atoms with Crippen LogP contribution in [-0.2, 0) is 16.0 Å². The zero-order valence-electron chi connectivity index (χ0n) is 8.49. The number of rotatable bonds is 7. The SMILES string of the molecule is CCOCCCC(=O)Cc1cccs1. The summed E-state index contributed by atoms with van der Waals surface area (Å²) in [6, 6.07) is 3.98. The minimum Gasteiger partial charge on any atom is -0.382 e. The molecular formula is C11H16O2S. The van der Waals surface area contributed by atoms with E-state index in [1.165, 1.54) is 0 Å². The highest BCUT2D eigenvalue weighted by molar-refractivity contribution is 7.10. The molecule has 78 valence electrons. The van der Waals surface area contributed by atoms with Crippen LogP contribution in [0.3, 0.4) is 0 Å². The first kappa shape index (κ1) is 11.4. The molecule has 0 aliphatic heterocycles. The average molecular weight is 212 g/mol. The first-order valence-corrected chi connectivity index (χ1v) is 5.82. The molecule has 0 bridgehead atoms. The van der Waals surface area contributed by atoms with Gasteiger partial charge in [0.2, 0.25) is 0 Å². The quantitative estimate of drug-likeness (QED) is 0.649. The van der Waals surface area contributed by atoms with E-state index in [-0.39, 0.29) is 0 Å². The lowest BCUT2D eigenvalue weighted by Gasteiger charge is -2.00. The van der Waals surface area contributed by atoms with E-state index in [1.54, 1.807) is 11.3 Å². The third-order valence-electron chi connectivity index (χ3n) is 1.90. The van der Waals surface area contributed by atoms with Crippen molar-refractivity contribution in [2.45, 2.75) is 26.2 Å². The van der Waals surface area contributed by atoms with E-state index in [4.69, 9.17) is 4.74 Å². The number of hydrogen-bond acceptors (Lipinski definition) is 3. The predicted molar refractivity (Wildman–Crippen MR) is 58.8 cm³/mol. The molecule has 0 aromatic carbocycles. The molecule has 1 aromatic heterocycles. The van der Waals surface area contributed by atoms with Crippen molar-refractivity contribution in [3.05, 3.63) is 22.4 Å². The monoisotopic (exact) mass is 212 g/mol. The first-order chi connectivity index (χ1) is 6.83. The fourth-order valence-corrected chi connectivity index (χ4v) is 1.95. The van der Waals surface area contributed by atoms with Crippen LogP contribution in [0.15, 0.2) is 17.5 Å². The zero-order valence-corrected chi connectivity index (χ0v) is 9.31. The molecule has 1 rings (SSSR count). The highest BCUT2D eigenvalue weighted by Gasteiger charge is 2.03. The summed E-state index contributed by atoms with van der Waals surface area (Å²) in [6.45, 7) is 3.40.